The zero-order chi connectivity index (χ0) is 14.0. The number of aromatic nitrogens is 3. The van der Waals surface area contributed by atoms with Crippen molar-refractivity contribution in [3.8, 4) is 0 Å². The minimum atomic E-state index is -0.915. The molecule has 1 aromatic heterocycles. The molecule has 0 radical (unpaired) electrons. The summed E-state index contributed by atoms with van der Waals surface area (Å²) in [5.41, 5.74) is 4.93. The van der Waals surface area contributed by atoms with E-state index in [0.717, 1.165) is 12.1 Å². The largest absolute Gasteiger partial charge is 0.366 e. The molecule has 1 aromatic carbocycles. The molecule has 0 spiro atoms. The number of nitrogens with two attached hydrogens (primary N) is 1. The lowest BCUT2D eigenvalue weighted by Gasteiger charge is -2.05. The van der Waals surface area contributed by atoms with Gasteiger partial charge in [-0.1, -0.05) is 0 Å². The van der Waals surface area contributed by atoms with Gasteiger partial charge in [-0.05, 0) is 25.1 Å². The second-order valence-electron chi connectivity index (χ2n) is 3.76. The quantitative estimate of drug-likeness (QED) is 0.752. The van der Waals surface area contributed by atoms with Crippen molar-refractivity contribution in [1.29, 1.82) is 0 Å². The van der Waals surface area contributed by atoms with Crippen LogP contribution >= 0.6 is 0 Å². The number of halogens is 1. The van der Waals surface area contributed by atoms with Gasteiger partial charge in [0.05, 0.1) is 5.56 Å². The van der Waals surface area contributed by atoms with E-state index >= 15 is 0 Å². The molecule has 0 atom stereocenters. The van der Waals surface area contributed by atoms with Crippen molar-refractivity contribution in [1.82, 2.24) is 15.2 Å². The van der Waals surface area contributed by atoms with Crippen LogP contribution in [-0.4, -0.2) is 27.0 Å². The van der Waals surface area contributed by atoms with Crippen molar-refractivity contribution in [2.24, 2.45) is 5.73 Å². The zero-order valence-corrected chi connectivity index (χ0v) is 9.90. The highest BCUT2D eigenvalue weighted by Gasteiger charge is 2.14. The van der Waals surface area contributed by atoms with Crippen LogP contribution in [0.25, 0.3) is 0 Å². The van der Waals surface area contributed by atoms with E-state index in [1.54, 1.807) is 6.92 Å². The Kier molecular flexibility index (Phi) is 3.23. The first kappa shape index (κ1) is 12.7. The summed E-state index contributed by atoms with van der Waals surface area (Å²) in [6.45, 7) is 1.65. The average molecular weight is 263 g/mol. The number of carbonyl (C=O) groups is 2. The summed E-state index contributed by atoms with van der Waals surface area (Å²) in [5, 5.41) is 8.63. The number of primary amides is 1. The molecule has 8 heteroatoms. The SMILES string of the molecule is Cc1nc(C(=O)Nc2ccc(F)c(C(N)=O)c2)n[nH]1. The molecule has 2 amide bonds. The fourth-order valence-electron chi connectivity index (χ4n) is 1.42. The Balaban J connectivity index is 2.22. The van der Waals surface area contributed by atoms with Crippen LogP contribution in [0.4, 0.5) is 10.1 Å². The Morgan fingerprint density at radius 2 is 2.16 bits per heavy atom. The van der Waals surface area contributed by atoms with Gasteiger partial charge in [-0.15, -0.1) is 5.10 Å². The number of nitrogens with zero attached hydrogens (tertiary/aromatic N) is 2. The van der Waals surface area contributed by atoms with E-state index in [4.69, 9.17) is 5.73 Å². The third kappa shape index (κ3) is 2.73. The summed E-state index contributed by atoms with van der Waals surface area (Å²) in [7, 11) is 0. The van der Waals surface area contributed by atoms with Gasteiger partial charge in [-0.25, -0.2) is 9.37 Å². The Morgan fingerprint density at radius 3 is 2.74 bits per heavy atom. The topological polar surface area (TPSA) is 114 Å². The third-order valence-corrected chi connectivity index (χ3v) is 2.29. The first-order valence-electron chi connectivity index (χ1n) is 5.27. The Labute approximate surface area is 107 Å². The van der Waals surface area contributed by atoms with Gasteiger partial charge in [0, 0.05) is 5.69 Å². The summed E-state index contributed by atoms with van der Waals surface area (Å²) >= 11 is 0. The van der Waals surface area contributed by atoms with E-state index in [1.165, 1.54) is 6.07 Å². The number of amides is 2. The van der Waals surface area contributed by atoms with E-state index in [-0.39, 0.29) is 17.1 Å². The van der Waals surface area contributed by atoms with Crippen molar-refractivity contribution in [2.45, 2.75) is 6.92 Å². The molecule has 2 aromatic rings. The van der Waals surface area contributed by atoms with Crippen LogP contribution in [0, 0.1) is 12.7 Å². The van der Waals surface area contributed by atoms with Crippen molar-refractivity contribution >= 4 is 17.5 Å². The highest BCUT2D eigenvalue weighted by molar-refractivity contribution is 6.02. The van der Waals surface area contributed by atoms with Gasteiger partial charge in [0.1, 0.15) is 11.6 Å². The molecule has 4 N–H and O–H groups in total. The molecule has 0 unspecified atom stereocenters. The number of hydrogen-bond acceptors (Lipinski definition) is 4. The number of aryl methyl sites for hydroxylation is 1. The Morgan fingerprint density at radius 1 is 1.42 bits per heavy atom. The van der Waals surface area contributed by atoms with Gasteiger partial charge in [0.15, 0.2) is 0 Å². The van der Waals surface area contributed by atoms with Crippen LogP contribution in [0.15, 0.2) is 18.2 Å². The van der Waals surface area contributed by atoms with Gasteiger partial charge < -0.3 is 11.1 Å². The Hall–Kier alpha value is -2.77. The minimum absolute atomic E-state index is 0.0533. The molecule has 2 rings (SSSR count). The molecular formula is C11H10FN5O2. The molecule has 0 saturated heterocycles. The molecule has 98 valence electrons. The van der Waals surface area contributed by atoms with E-state index in [9.17, 15) is 14.0 Å². The highest BCUT2D eigenvalue weighted by Crippen LogP contribution is 2.14. The molecule has 1 heterocycles. The molecule has 0 fully saturated rings. The number of aromatic amines is 1. The number of nitrogens with one attached hydrogen (secondary N) is 2. The number of hydrogen-bond donors (Lipinski definition) is 3. The lowest BCUT2D eigenvalue weighted by Crippen LogP contribution is -2.16. The number of carbonyl (C=O) groups excluding carboxylic acids is 2. The van der Waals surface area contributed by atoms with Gasteiger partial charge in [-0.2, -0.15) is 0 Å². The second kappa shape index (κ2) is 4.84. The zero-order valence-electron chi connectivity index (χ0n) is 9.90. The smallest absolute Gasteiger partial charge is 0.295 e. The molecular weight excluding hydrogens is 253 g/mol. The monoisotopic (exact) mass is 263 g/mol. The summed E-state index contributed by atoms with van der Waals surface area (Å²) in [4.78, 5) is 26.5. The molecule has 0 saturated carbocycles. The highest BCUT2D eigenvalue weighted by atomic mass is 19.1. The first-order chi connectivity index (χ1) is 8.97. The van der Waals surface area contributed by atoms with Crippen molar-refractivity contribution < 1.29 is 14.0 Å². The summed E-state index contributed by atoms with van der Waals surface area (Å²) < 4.78 is 13.2. The van der Waals surface area contributed by atoms with Crippen LogP contribution in [-0.2, 0) is 0 Å². The molecule has 0 aliphatic carbocycles. The third-order valence-electron chi connectivity index (χ3n) is 2.29. The molecule has 0 aliphatic heterocycles. The predicted molar refractivity (Wildman–Crippen MR) is 64.0 cm³/mol. The van der Waals surface area contributed by atoms with Gasteiger partial charge in [0.2, 0.25) is 5.82 Å². The Bertz CT molecular complexity index is 652. The number of benzene rings is 1. The average Bonchev–Trinajstić information content (AvgIpc) is 2.78. The van der Waals surface area contributed by atoms with Crippen LogP contribution < -0.4 is 11.1 Å². The molecule has 0 bridgehead atoms. The standard InChI is InChI=1S/C11H10FN5O2/c1-5-14-10(17-16-5)11(19)15-6-2-3-8(12)7(4-6)9(13)18/h2-4H,1H3,(H2,13,18)(H,15,19)(H,14,16,17). The van der Waals surface area contributed by atoms with Gasteiger partial charge in [-0.3, -0.25) is 14.7 Å². The van der Waals surface area contributed by atoms with Crippen LogP contribution in [0.3, 0.4) is 0 Å². The maximum Gasteiger partial charge on any atom is 0.295 e. The number of anilines is 1. The van der Waals surface area contributed by atoms with Gasteiger partial charge in [0.25, 0.3) is 11.8 Å². The number of H-pyrrole nitrogens is 1. The van der Waals surface area contributed by atoms with E-state index in [1.807, 2.05) is 0 Å². The van der Waals surface area contributed by atoms with Crippen LogP contribution in [0.2, 0.25) is 0 Å². The minimum Gasteiger partial charge on any atom is -0.366 e. The first-order valence-corrected chi connectivity index (χ1v) is 5.27. The van der Waals surface area contributed by atoms with E-state index in [0.29, 0.717) is 5.82 Å². The normalized spacial score (nSPS) is 10.2. The summed E-state index contributed by atoms with van der Waals surface area (Å²) in [6.07, 6.45) is 0. The molecule has 19 heavy (non-hydrogen) atoms. The maximum absolute atomic E-state index is 13.2. The second-order valence-corrected chi connectivity index (χ2v) is 3.76. The lowest BCUT2D eigenvalue weighted by atomic mass is 10.2. The van der Waals surface area contributed by atoms with Crippen molar-refractivity contribution in [2.75, 3.05) is 5.32 Å². The summed E-state index contributed by atoms with van der Waals surface area (Å²) in [5.74, 6) is -1.81. The predicted octanol–water partition coefficient (Wildman–Crippen LogP) is 0.603. The van der Waals surface area contributed by atoms with E-state index < -0.39 is 17.6 Å². The fraction of sp³-hybridized carbons (Fsp3) is 0.0909. The maximum atomic E-state index is 13.2. The molecule has 0 aliphatic rings. The van der Waals surface area contributed by atoms with E-state index in [2.05, 4.69) is 20.5 Å². The number of rotatable bonds is 3. The fourth-order valence-corrected chi connectivity index (χ4v) is 1.42. The van der Waals surface area contributed by atoms with Crippen LogP contribution in [0.1, 0.15) is 26.8 Å². The van der Waals surface area contributed by atoms with Crippen molar-refractivity contribution in [3.63, 3.8) is 0 Å². The summed E-state index contributed by atoms with van der Waals surface area (Å²) in [6, 6.07) is 3.49. The van der Waals surface area contributed by atoms with Gasteiger partial charge >= 0.3 is 0 Å². The lowest BCUT2D eigenvalue weighted by molar-refractivity contribution is 0.0991. The van der Waals surface area contributed by atoms with Crippen LogP contribution in [0.5, 0.6) is 0 Å². The van der Waals surface area contributed by atoms with Crippen molar-refractivity contribution in [3.05, 3.63) is 41.2 Å². The molecule has 7 nitrogen and oxygen atoms in total.